The minimum atomic E-state index is -4.36. The van der Waals surface area contributed by atoms with Crippen LogP contribution in [0.25, 0.3) is 0 Å². The molecule has 1 aliphatic rings. The van der Waals surface area contributed by atoms with Crippen molar-refractivity contribution in [2.75, 3.05) is 13.2 Å². The number of aryl methyl sites for hydroxylation is 1. The topological polar surface area (TPSA) is 46.6 Å². The van der Waals surface area contributed by atoms with Crippen LogP contribution in [0.1, 0.15) is 57.6 Å². The molecule has 1 unspecified atom stereocenters. The molecular weight excluding hydrogens is 415 g/mol. The molecule has 4 nitrogen and oxygen atoms in total. The van der Waals surface area contributed by atoms with Crippen LogP contribution in [0.15, 0.2) is 24.3 Å². The number of benzene rings is 1. The molecule has 1 atom stereocenters. The van der Waals surface area contributed by atoms with E-state index in [0.29, 0.717) is 37.8 Å². The summed E-state index contributed by atoms with van der Waals surface area (Å²) in [6, 6.07) is 4.79. The molecule has 0 N–H and O–H groups in total. The van der Waals surface area contributed by atoms with Crippen LogP contribution in [-0.4, -0.2) is 40.8 Å². The molecule has 8 heteroatoms. The average Bonchev–Trinajstić information content (AvgIpc) is 3.19. The second-order valence-corrected chi connectivity index (χ2v) is 8.59. The summed E-state index contributed by atoms with van der Waals surface area (Å²) < 4.78 is 44.0. The van der Waals surface area contributed by atoms with Crippen LogP contribution in [0.2, 0.25) is 0 Å². The summed E-state index contributed by atoms with van der Waals surface area (Å²) >= 11 is 5.34. The van der Waals surface area contributed by atoms with Gasteiger partial charge in [-0.05, 0) is 56.0 Å². The van der Waals surface area contributed by atoms with E-state index in [1.54, 1.807) is 19.9 Å². The van der Waals surface area contributed by atoms with Crippen LogP contribution < -0.4 is 0 Å². The zero-order valence-corrected chi connectivity index (χ0v) is 18.4. The number of Topliss-reactive ketones (excluding diaryl/α,β-unsaturated/α-hetero) is 1. The van der Waals surface area contributed by atoms with Crippen LogP contribution in [0.3, 0.4) is 0 Å². The molecule has 1 aliphatic heterocycles. The number of likely N-dealkylation sites (tertiary alicyclic amines) is 1. The van der Waals surface area contributed by atoms with Gasteiger partial charge in [-0.1, -0.05) is 39.0 Å². The monoisotopic (exact) mass is 443 g/mol. The molecule has 2 rings (SSSR count). The van der Waals surface area contributed by atoms with E-state index in [1.807, 2.05) is 6.92 Å². The fourth-order valence-electron chi connectivity index (χ4n) is 3.28. The van der Waals surface area contributed by atoms with Crippen molar-refractivity contribution in [1.82, 2.24) is 4.90 Å². The van der Waals surface area contributed by atoms with E-state index in [-0.39, 0.29) is 11.7 Å². The number of nitrogens with zero attached hydrogens (tertiary/aromatic N) is 1. The first-order valence-corrected chi connectivity index (χ1v) is 10.6. The van der Waals surface area contributed by atoms with Crippen molar-refractivity contribution in [3.05, 3.63) is 35.4 Å². The lowest BCUT2D eigenvalue weighted by Crippen LogP contribution is -2.47. The summed E-state index contributed by atoms with van der Waals surface area (Å²) in [6.45, 7) is 6.07. The third-order valence-electron chi connectivity index (χ3n) is 5.59. The number of hydrogen-bond acceptors (Lipinski definition) is 4. The summed E-state index contributed by atoms with van der Waals surface area (Å²) in [5.41, 5.74) is -0.821. The van der Waals surface area contributed by atoms with Gasteiger partial charge in [-0.25, -0.2) is 0 Å². The molecule has 166 valence electrons. The van der Waals surface area contributed by atoms with Crippen molar-refractivity contribution in [3.63, 3.8) is 0 Å². The average molecular weight is 444 g/mol. The van der Waals surface area contributed by atoms with Crippen LogP contribution in [0.5, 0.6) is 0 Å². The van der Waals surface area contributed by atoms with Crippen molar-refractivity contribution in [1.29, 1.82) is 0 Å². The van der Waals surface area contributed by atoms with Gasteiger partial charge in [0.1, 0.15) is 6.04 Å². The Kier molecular flexibility index (Phi) is 8.02. The number of carbonyl (C=O) groups is 2. The predicted molar refractivity (Wildman–Crippen MR) is 112 cm³/mol. The molecule has 0 aliphatic carbocycles. The molecule has 0 radical (unpaired) electrons. The molecule has 0 bridgehead atoms. The maximum Gasteiger partial charge on any atom is 0.416 e. The minimum absolute atomic E-state index is 0.238. The minimum Gasteiger partial charge on any atom is -0.485 e. The third-order valence-corrected chi connectivity index (χ3v) is 5.98. The van der Waals surface area contributed by atoms with Gasteiger partial charge in [0.25, 0.3) is 5.91 Å². The van der Waals surface area contributed by atoms with Crippen molar-refractivity contribution >= 4 is 29.0 Å². The first-order chi connectivity index (χ1) is 14.0. The Morgan fingerprint density at radius 3 is 2.60 bits per heavy atom. The Labute approximate surface area is 180 Å². The lowest BCUT2D eigenvalue weighted by atomic mass is 9.84. The normalized spacial score (nSPS) is 17.1. The maximum atomic E-state index is 12.8. The highest BCUT2D eigenvalue weighted by Gasteiger charge is 2.40. The Balaban J connectivity index is 1.87. The van der Waals surface area contributed by atoms with E-state index in [9.17, 15) is 22.8 Å². The van der Waals surface area contributed by atoms with Crippen molar-refractivity contribution in [2.45, 2.75) is 65.1 Å². The van der Waals surface area contributed by atoms with Gasteiger partial charge in [0.15, 0.2) is 5.05 Å². The standard InChI is InChI=1S/C22H28F3NO3S/c1-4-21(2,3)18(27)19(28)26-12-6-11-17(26)20(30)29-13-7-9-15-8-5-10-16(14-15)22(23,24)25/h5,8,10,14,17H,4,6-7,9,11-13H2,1-3H3. The van der Waals surface area contributed by atoms with Crippen LogP contribution >= 0.6 is 12.2 Å². The molecule has 0 spiro atoms. The van der Waals surface area contributed by atoms with Crippen LogP contribution in [-0.2, 0) is 26.9 Å². The number of carbonyl (C=O) groups excluding carboxylic acids is 2. The number of halogens is 3. The van der Waals surface area contributed by atoms with Gasteiger partial charge in [0, 0.05) is 12.0 Å². The highest BCUT2D eigenvalue weighted by molar-refractivity contribution is 7.80. The number of amides is 1. The Morgan fingerprint density at radius 1 is 1.27 bits per heavy atom. The van der Waals surface area contributed by atoms with Gasteiger partial charge < -0.3 is 9.64 Å². The molecule has 1 aromatic carbocycles. The number of hydrogen-bond donors (Lipinski definition) is 0. The fraction of sp³-hybridized carbons (Fsp3) is 0.591. The van der Waals surface area contributed by atoms with Crippen LogP contribution in [0.4, 0.5) is 13.2 Å². The Hall–Kier alpha value is -1.96. The predicted octanol–water partition coefficient (Wildman–Crippen LogP) is 4.98. The quantitative estimate of drug-likeness (QED) is 0.323. The van der Waals surface area contributed by atoms with E-state index in [0.717, 1.165) is 18.6 Å². The van der Waals surface area contributed by atoms with Gasteiger partial charge in [0.05, 0.1) is 12.2 Å². The SMILES string of the molecule is CCC(C)(C)C(=O)C(=O)N1CCCC1C(=S)OCCCc1cccc(C(F)(F)F)c1. The maximum absolute atomic E-state index is 12.8. The molecule has 1 aromatic rings. The highest BCUT2D eigenvalue weighted by Crippen LogP contribution is 2.30. The second kappa shape index (κ2) is 9.90. The van der Waals surface area contributed by atoms with E-state index >= 15 is 0 Å². The van der Waals surface area contributed by atoms with Gasteiger partial charge in [-0.15, -0.1) is 0 Å². The number of thiocarbonyl (C=S) groups is 1. The first kappa shape index (κ1) is 24.3. The van der Waals surface area contributed by atoms with Crippen molar-refractivity contribution in [2.24, 2.45) is 5.41 Å². The zero-order chi connectivity index (χ0) is 22.5. The molecule has 1 heterocycles. The van der Waals surface area contributed by atoms with Gasteiger partial charge in [0.2, 0.25) is 5.78 Å². The van der Waals surface area contributed by atoms with E-state index < -0.39 is 34.9 Å². The van der Waals surface area contributed by atoms with E-state index in [1.165, 1.54) is 11.0 Å². The molecule has 30 heavy (non-hydrogen) atoms. The number of rotatable bonds is 8. The van der Waals surface area contributed by atoms with E-state index in [2.05, 4.69) is 0 Å². The highest BCUT2D eigenvalue weighted by atomic mass is 32.1. The first-order valence-electron chi connectivity index (χ1n) is 10.2. The molecular formula is C22H28F3NO3S. The van der Waals surface area contributed by atoms with Crippen molar-refractivity contribution < 1.29 is 27.5 Å². The largest absolute Gasteiger partial charge is 0.485 e. The molecule has 1 saturated heterocycles. The number of alkyl halides is 3. The smallest absolute Gasteiger partial charge is 0.416 e. The lowest BCUT2D eigenvalue weighted by Gasteiger charge is -2.28. The van der Waals surface area contributed by atoms with Gasteiger partial charge in [-0.3, -0.25) is 9.59 Å². The zero-order valence-electron chi connectivity index (χ0n) is 17.6. The van der Waals surface area contributed by atoms with Crippen molar-refractivity contribution in [3.8, 4) is 0 Å². The second-order valence-electron chi connectivity index (χ2n) is 8.19. The van der Waals surface area contributed by atoms with Crippen LogP contribution in [0, 0.1) is 5.41 Å². The number of ether oxygens (including phenoxy) is 1. The van der Waals surface area contributed by atoms with Gasteiger partial charge in [-0.2, -0.15) is 13.2 Å². The summed E-state index contributed by atoms with van der Waals surface area (Å²) in [5.74, 6) is -0.955. The molecule has 0 saturated carbocycles. The summed E-state index contributed by atoms with van der Waals surface area (Å²) in [4.78, 5) is 26.7. The summed E-state index contributed by atoms with van der Waals surface area (Å²) in [7, 11) is 0. The summed E-state index contributed by atoms with van der Waals surface area (Å²) in [6.07, 6.45) is -1.52. The summed E-state index contributed by atoms with van der Waals surface area (Å²) in [5, 5.41) is 0.256. The molecule has 0 aromatic heterocycles. The van der Waals surface area contributed by atoms with E-state index in [4.69, 9.17) is 17.0 Å². The number of ketones is 1. The molecule has 1 fully saturated rings. The molecule has 1 amide bonds. The Bertz CT molecular complexity index is 792. The Morgan fingerprint density at radius 2 is 1.97 bits per heavy atom. The van der Waals surface area contributed by atoms with Gasteiger partial charge >= 0.3 is 6.18 Å². The lowest BCUT2D eigenvalue weighted by molar-refractivity contribution is -0.149. The third kappa shape index (κ3) is 6.03. The fourth-order valence-corrected chi connectivity index (χ4v) is 3.61.